The SMILES string of the molecule is COc1ccc(Br)cc1CC(=O)C1(OC)CCCC(C)C1. The molecule has 2 rings (SSSR count). The molecule has 0 amide bonds. The van der Waals surface area contributed by atoms with Crippen molar-refractivity contribution in [2.45, 2.75) is 44.6 Å². The number of hydrogen-bond donors (Lipinski definition) is 0. The Labute approximate surface area is 135 Å². The fraction of sp³-hybridized carbons (Fsp3) is 0.588. The van der Waals surface area contributed by atoms with Gasteiger partial charge in [-0.3, -0.25) is 4.79 Å². The second-order valence-electron chi connectivity index (χ2n) is 5.96. The van der Waals surface area contributed by atoms with Gasteiger partial charge in [-0.15, -0.1) is 0 Å². The van der Waals surface area contributed by atoms with Gasteiger partial charge < -0.3 is 9.47 Å². The van der Waals surface area contributed by atoms with E-state index in [1.807, 2.05) is 18.2 Å². The lowest BCUT2D eigenvalue weighted by molar-refractivity contribution is -0.146. The van der Waals surface area contributed by atoms with Crippen LogP contribution in [0.15, 0.2) is 22.7 Å². The van der Waals surface area contributed by atoms with Gasteiger partial charge in [0.05, 0.1) is 7.11 Å². The second-order valence-corrected chi connectivity index (χ2v) is 6.87. The zero-order valence-corrected chi connectivity index (χ0v) is 14.5. The Morgan fingerprint density at radius 1 is 1.43 bits per heavy atom. The van der Waals surface area contributed by atoms with Crippen LogP contribution in [-0.4, -0.2) is 25.6 Å². The van der Waals surface area contributed by atoms with Gasteiger partial charge in [0, 0.05) is 23.6 Å². The van der Waals surface area contributed by atoms with Crippen molar-refractivity contribution >= 4 is 21.7 Å². The predicted octanol–water partition coefficient (Wildman–Crippen LogP) is 4.16. The molecule has 0 aromatic heterocycles. The number of Topliss-reactive ketones (excluding diaryl/α,β-unsaturated/α-hetero) is 1. The minimum Gasteiger partial charge on any atom is -0.496 e. The van der Waals surface area contributed by atoms with Crippen molar-refractivity contribution in [3.05, 3.63) is 28.2 Å². The van der Waals surface area contributed by atoms with Crippen LogP contribution >= 0.6 is 15.9 Å². The minimum atomic E-state index is -0.620. The van der Waals surface area contributed by atoms with Crippen molar-refractivity contribution in [3.63, 3.8) is 0 Å². The highest BCUT2D eigenvalue weighted by molar-refractivity contribution is 9.10. The number of methoxy groups -OCH3 is 2. The van der Waals surface area contributed by atoms with E-state index in [0.29, 0.717) is 12.3 Å². The Balaban J connectivity index is 2.21. The molecule has 0 N–H and O–H groups in total. The van der Waals surface area contributed by atoms with Crippen LogP contribution < -0.4 is 4.74 Å². The maximum Gasteiger partial charge on any atom is 0.169 e. The monoisotopic (exact) mass is 354 g/mol. The van der Waals surface area contributed by atoms with Crippen LogP contribution in [0.4, 0.5) is 0 Å². The number of halogens is 1. The van der Waals surface area contributed by atoms with Crippen LogP contribution in [0.25, 0.3) is 0 Å². The predicted molar refractivity (Wildman–Crippen MR) is 86.8 cm³/mol. The number of benzene rings is 1. The standard InChI is InChI=1S/C17H23BrO3/c1-12-5-4-8-17(11-12,21-3)16(19)10-13-9-14(18)6-7-15(13)20-2/h6-7,9,12H,4-5,8,10-11H2,1-3H3. The van der Waals surface area contributed by atoms with Crippen molar-refractivity contribution in [1.82, 2.24) is 0 Å². The first-order valence-corrected chi connectivity index (χ1v) is 8.21. The summed E-state index contributed by atoms with van der Waals surface area (Å²) in [6.07, 6.45) is 4.22. The third-order valence-electron chi connectivity index (χ3n) is 4.45. The van der Waals surface area contributed by atoms with Crippen molar-refractivity contribution in [2.24, 2.45) is 5.92 Å². The summed E-state index contributed by atoms with van der Waals surface area (Å²) in [6, 6.07) is 5.75. The lowest BCUT2D eigenvalue weighted by Crippen LogP contribution is -2.45. The molecule has 0 saturated heterocycles. The summed E-state index contributed by atoms with van der Waals surface area (Å²) in [5, 5.41) is 0. The molecule has 3 nitrogen and oxygen atoms in total. The molecule has 0 aliphatic heterocycles. The summed E-state index contributed by atoms with van der Waals surface area (Å²) in [5.74, 6) is 1.45. The fourth-order valence-corrected chi connectivity index (χ4v) is 3.68. The van der Waals surface area contributed by atoms with Crippen molar-refractivity contribution in [1.29, 1.82) is 0 Å². The molecule has 1 saturated carbocycles. The van der Waals surface area contributed by atoms with Gasteiger partial charge in [0.15, 0.2) is 5.78 Å². The molecule has 0 spiro atoms. The van der Waals surface area contributed by atoms with E-state index in [1.54, 1.807) is 14.2 Å². The molecule has 116 valence electrons. The Bertz CT molecular complexity index is 515. The summed E-state index contributed by atoms with van der Waals surface area (Å²) < 4.78 is 12.0. The number of hydrogen-bond acceptors (Lipinski definition) is 3. The molecule has 0 radical (unpaired) electrons. The summed E-state index contributed by atoms with van der Waals surface area (Å²) in [7, 11) is 3.29. The van der Waals surface area contributed by atoms with E-state index in [2.05, 4.69) is 22.9 Å². The maximum absolute atomic E-state index is 12.8. The number of ketones is 1. The number of ether oxygens (including phenoxy) is 2. The van der Waals surface area contributed by atoms with Crippen LogP contribution in [0.5, 0.6) is 5.75 Å². The summed E-state index contributed by atoms with van der Waals surface area (Å²) >= 11 is 3.45. The molecular formula is C17H23BrO3. The van der Waals surface area contributed by atoms with Crippen LogP contribution in [0, 0.1) is 5.92 Å². The normalized spacial score (nSPS) is 25.6. The van der Waals surface area contributed by atoms with Crippen molar-refractivity contribution in [3.8, 4) is 5.75 Å². The second kappa shape index (κ2) is 6.93. The molecule has 1 aliphatic carbocycles. The first kappa shape index (κ1) is 16.5. The molecular weight excluding hydrogens is 332 g/mol. The average Bonchev–Trinajstić information content (AvgIpc) is 2.47. The lowest BCUT2D eigenvalue weighted by atomic mass is 9.75. The van der Waals surface area contributed by atoms with Gasteiger partial charge in [0.25, 0.3) is 0 Å². The summed E-state index contributed by atoms with van der Waals surface area (Å²) in [4.78, 5) is 12.8. The fourth-order valence-electron chi connectivity index (χ4n) is 3.27. The van der Waals surface area contributed by atoms with Crippen molar-refractivity contribution < 1.29 is 14.3 Å². The van der Waals surface area contributed by atoms with Gasteiger partial charge in [0.2, 0.25) is 0 Å². The van der Waals surface area contributed by atoms with E-state index in [1.165, 1.54) is 6.42 Å². The molecule has 1 aliphatic rings. The van der Waals surface area contributed by atoms with Gasteiger partial charge in [-0.25, -0.2) is 0 Å². The van der Waals surface area contributed by atoms with E-state index < -0.39 is 5.60 Å². The van der Waals surface area contributed by atoms with E-state index in [4.69, 9.17) is 9.47 Å². The van der Waals surface area contributed by atoms with Gasteiger partial charge >= 0.3 is 0 Å². The van der Waals surface area contributed by atoms with Gasteiger partial charge in [-0.05, 0) is 43.4 Å². The van der Waals surface area contributed by atoms with Crippen molar-refractivity contribution in [2.75, 3.05) is 14.2 Å². The molecule has 1 aromatic carbocycles. The quantitative estimate of drug-likeness (QED) is 0.796. The summed E-state index contributed by atoms with van der Waals surface area (Å²) in [6.45, 7) is 2.19. The molecule has 1 aromatic rings. The third kappa shape index (κ3) is 3.67. The van der Waals surface area contributed by atoms with Crippen LogP contribution in [0.2, 0.25) is 0 Å². The molecule has 4 heteroatoms. The lowest BCUT2D eigenvalue weighted by Gasteiger charge is -2.37. The van der Waals surface area contributed by atoms with E-state index >= 15 is 0 Å². The topological polar surface area (TPSA) is 35.5 Å². The van der Waals surface area contributed by atoms with Crippen LogP contribution in [0.3, 0.4) is 0 Å². The van der Waals surface area contributed by atoms with E-state index in [-0.39, 0.29) is 5.78 Å². The summed E-state index contributed by atoms with van der Waals surface area (Å²) in [5.41, 5.74) is 0.289. The number of rotatable bonds is 5. The smallest absolute Gasteiger partial charge is 0.169 e. The zero-order valence-electron chi connectivity index (χ0n) is 12.9. The highest BCUT2D eigenvalue weighted by atomic mass is 79.9. The minimum absolute atomic E-state index is 0.160. The largest absolute Gasteiger partial charge is 0.496 e. The Kier molecular flexibility index (Phi) is 5.44. The molecule has 2 atom stereocenters. The van der Waals surface area contributed by atoms with Gasteiger partial charge in [-0.2, -0.15) is 0 Å². The molecule has 0 bridgehead atoms. The Morgan fingerprint density at radius 3 is 2.81 bits per heavy atom. The molecule has 0 heterocycles. The third-order valence-corrected chi connectivity index (χ3v) is 4.94. The van der Waals surface area contributed by atoms with Gasteiger partial charge in [0.1, 0.15) is 11.4 Å². The highest BCUT2D eigenvalue weighted by Gasteiger charge is 2.41. The highest BCUT2D eigenvalue weighted by Crippen LogP contribution is 2.37. The Hall–Kier alpha value is -0.870. The van der Waals surface area contributed by atoms with E-state index in [0.717, 1.165) is 35.0 Å². The number of carbonyl (C=O) groups is 1. The average molecular weight is 355 g/mol. The van der Waals surface area contributed by atoms with E-state index in [9.17, 15) is 4.79 Å². The Morgan fingerprint density at radius 2 is 2.19 bits per heavy atom. The molecule has 2 unspecified atom stereocenters. The molecule has 1 fully saturated rings. The zero-order chi connectivity index (χ0) is 15.5. The first-order valence-electron chi connectivity index (χ1n) is 7.41. The van der Waals surface area contributed by atoms with Crippen LogP contribution in [-0.2, 0) is 16.0 Å². The first-order chi connectivity index (χ1) is 10.0. The van der Waals surface area contributed by atoms with Crippen LogP contribution in [0.1, 0.15) is 38.2 Å². The molecule has 21 heavy (non-hydrogen) atoms. The van der Waals surface area contributed by atoms with Gasteiger partial charge in [-0.1, -0.05) is 29.3 Å². The number of carbonyl (C=O) groups excluding carboxylic acids is 1. The maximum atomic E-state index is 12.8.